The highest BCUT2D eigenvalue weighted by Gasteiger charge is 2.15. The van der Waals surface area contributed by atoms with Crippen LogP contribution in [-0.2, 0) is 6.42 Å². The number of nitrogens with zero attached hydrogens (tertiary/aromatic N) is 1. The van der Waals surface area contributed by atoms with Crippen molar-refractivity contribution in [1.82, 2.24) is 10.3 Å². The molecule has 2 rings (SSSR count). The fourth-order valence-electron chi connectivity index (χ4n) is 2.19. The number of hydrogen-bond acceptors (Lipinski definition) is 4. The normalized spacial score (nSPS) is 12.2. The van der Waals surface area contributed by atoms with Gasteiger partial charge in [-0.05, 0) is 49.0 Å². The Morgan fingerprint density at radius 1 is 1.37 bits per heavy atom. The first kappa shape index (κ1) is 14.0. The number of benzene rings is 1. The van der Waals surface area contributed by atoms with Crippen LogP contribution in [0.2, 0.25) is 0 Å². The van der Waals surface area contributed by atoms with Crippen LogP contribution in [0.4, 0.5) is 0 Å². The lowest BCUT2D eigenvalue weighted by atomic mass is 9.89. The Hall–Kier alpha value is -1.39. The average molecular weight is 261 g/mol. The molecule has 0 spiro atoms. The van der Waals surface area contributed by atoms with Crippen LogP contribution in [0.25, 0.3) is 11.1 Å². The summed E-state index contributed by atoms with van der Waals surface area (Å²) in [5.41, 5.74) is 8.93. The monoisotopic (exact) mass is 261 g/mol. The summed E-state index contributed by atoms with van der Waals surface area (Å²) in [7, 11) is 0. The maximum Gasteiger partial charge on any atom is 0.181 e. The van der Waals surface area contributed by atoms with E-state index in [4.69, 9.17) is 10.2 Å². The van der Waals surface area contributed by atoms with Crippen LogP contribution in [-0.4, -0.2) is 24.6 Å². The number of fused-ring (bicyclic) bond motifs is 1. The molecule has 3 N–H and O–H groups in total. The summed E-state index contributed by atoms with van der Waals surface area (Å²) in [6.45, 7) is 7.19. The third-order valence-electron chi connectivity index (χ3n) is 3.41. The van der Waals surface area contributed by atoms with Gasteiger partial charge in [0.15, 0.2) is 12.0 Å². The minimum absolute atomic E-state index is 0.267. The van der Waals surface area contributed by atoms with E-state index < -0.39 is 0 Å². The second-order valence-electron chi connectivity index (χ2n) is 5.78. The van der Waals surface area contributed by atoms with Crippen LogP contribution in [0.5, 0.6) is 0 Å². The number of nitrogens with one attached hydrogen (secondary N) is 1. The molecule has 2 aromatic rings. The zero-order valence-electron chi connectivity index (χ0n) is 11.8. The summed E-state index contributed by atoms with van der Waals surface area (Å²) >= 11 is 0. The summed E-state index contributed by atoms with van der Waals surface area (Å²) in [5.74, 6) is 0. The van der Waals surface area contributed by atoms with Crippen molar-refractivity contribution in [1.29, 1.82) is 0 Å². The molecule has 1 aromatic carbocycles. The van der Waals surface area contributed by atoms with Crippen molar-refractivity contribution < 1.29 is 4.42 Å². The zero-order valence-corrected chi connectivity index (χ0v) is 11.8. The van der Waals surface area contributed by atoms with Gasteiger partial charge in [0, 0.05) is 6.54 Å². The zero-order chi connectivity index (χ0) is 13.7. The Bertz CT molecular complexity index is 519. The number of rotatable bonds is 7. The third-order valence-corrected chi connectivity index (χ3v) is 3.41. The van der Waals surface area contributed by atoms with E-state index >= 15 is 0 Å². The maximum atomic E-state index is 5.61. The minimum atomic E-state index is 0.267. The number of hydrogen-bond donors (Lipinski definition) is 2. The van der Waals surface area contributed by atoms with Gasteiger partial charge in [-0.1, -0.05) is 19.9 Å². The third kappa shape index (κ3) is 4.04. The molecule has 4 heteroatoms. The van der Waals surface area contributed by atoms with E-state index in [1.807, 2.05) is 6.07 Å². The van der Waals surface area contributed by atoms with Gasteiger partial charge in [0.05, 0.1) is 0 Å². The molecular formula is C15H23N3O. The summed E-state index contributed by atoms with van der Waals surface area (Å²) in [4.78, 5) is 4.11. The van der Waals surface area contributed by atoms with Crippen LogP contribution in [0.15, 0.2) is 29.0 Å². The van der Waals surface area contributed by atoms with E-state index in [2.05, 4.69) is 36.3 Å². The van der Waals surface area contributed by atoms with Gasteiger partial charge in [0.2, 0.25) is 0 Å². The van der Waals surface area contributed by atoms with Gasteiger partial charge in [-0.15, -0.1) is 0 Å². The number of nitrogens with two attached hydrogens (primary N) is 1. The molecule has 0 amide bonds. The highest BCUT2D eigenvalue weighted by atomic mass is 16.3. The smallest absolute Gasteiger partial charge is 0.181 e. The van der Waals surface area contributed by atoms with E-state index in [1.54, 1.807) is 0 Å². The van der Waals surface area contributed by atoms with E-state index in [-0.39, 0.29) is 5.41 Å². The topological polar surface area (TPSA) is 64.1 Å². The number of aromatic nitrogens is 1. The second-order valence-corrected chi connectivity index (χ2v) is 5.78. The van der Waals surface area contributed by atoms with Crippen LogP contribution in [0, 0.1) is 5.41 Å². The fourth-order valence-corrected chi connectivity index (χ4v) is 2.19. The van der Waals surface area contributed by atoms with Gasteiger partial charge in [-0.3, -0.25) is 0 Å². The van der Waals surface area contributed by atoms with Crippen LogP contribution >= 0.6 is 0 Å². The molecule has 0 aliphatic rings. The quantitative estimate of drug-likeness (QED) is 0.751. The Morgan fingerprint density at radius 2 is 2.21 bits per heavy atom. The first-order valence-electron chi connectivity index (χ1n) is 6.84. The molecule has 0 fully saturated rings. The summed E-state index contributed by atoms with van der Waals surface area (Å²) < 4.78 is 5.31. The fraction of sp³-hybridized carbons (Fsp3) is 0.533. The molecule has 0 atom stereocenters. The van der Waals surface area contributed by atoms with Crippen molar-refractivity contribution in [3.05, 3.63) is 30.2 Å². The molecule has 0 aliphatic carbocycles. The lowest BCUT2D eigenvalue weighted by Crippen LogP contribution is -2.32. The predicted octanol–water partition coefficient (Wildman–Crippen LogP) is 2.33. The largest absolute Gasteiger partial charge is 0.443 e. The summed E-state index contributed by atoms with van der Waals surface area (Å²) in [6, 6.07) is 6.18. The van der Waals surface area contributed by atoms with E-state index in [0.29, 0.717) is 0 Å². The van der Waals surface area contributed by atoms with Gasteiger partial charge in [0.25, 0.3) is 0 Å². The summed E-state index contributed by atoms with van der Waals surface area (Å²) in [6.07, 6.45) is 3.53. The lowest BCUT2D eigenvalue weighted by Gasteiger charge is -2.24. The van der Waals surface area contributed by atoms with Gasteiger partial charge in [-0.2, -0.15) is 0 Å². The molecule has 19 heavy (non-hydrogen) atoms. The van der Waals surface area contributed by atoms with Gasteiger partial charge in [-0.25, -0.2) is 4.98 Å². The van der Waals surface area contributed by atoms with Crippen LogP contribution in [0.1, 0.15) is 25.8 Å². The van der Waals surface area contributed by atoms with E-state index in [0.717, 1.165) is 43.6 Å². The standard InChI is InChI=1S/C15H23N3O/c1-15(2,6-7-16)10-17-8-5-12-3-4-13-14(9-12)19-11-18-13/h3-4,9,11,17H,5-8,10,16H2,1-2H3. The highest BCUT2D eigenvalue weighted by Crippen LogP contribution is 2.18. The Balaban J connectivity index is 1.79. The summed E-state index contributed by atoms with van der Waals surface area (Å²) in [5, 5.41) is 3.50. The molecule has 0 saturated carbocycles. The van der Waals surface area contributed by atoms with Crippen molar-refractivity contribution in [3.63, 3.8) is 0 Å². The van der Waals surface area contributed by atoms with Crippen molar-refractivity contribution in [3.8, 4) is 0 Å². The Labute approximate surface area is 114 Å². The number of oxazole rings is 1. The first-order chi connectivity index (χ1) is 9.11. The highest BCUT2D eigenvalue weighted by molar-refractivity contribution is 5.72. The molecule has 0 radical (unpaired) electrons. The Morgan fingerprint density at radius 3 is 3.00 bits per heavy atom. The second kappa shape index (κ2) is 6.17. The molecule has 0 aliphatic heterocycles. The molecule has 1 heterocycles. The van der Waals surface area contributed by atoms with Gasteiger partial charge >= 0.3 is 0 Å². The SMILES string of the molecule is CC(C)(CCN)CNCCc1ccc2ncoc2c1. The van der Waals surface area contributed by atoms with Gasteiger partial charge < -0.3 is 15.5 Å². The Kier molecular flexibility index (Phi) is 4.56. The van der Waals surface area contributed by atoms with Crippen LogP contribution in [0.3, 0.4) is 0 Å². The minimum Gasteiger partial charge on any atom is -0.443 e. The molecule has 0 unspecified atom stereocenters. The van der Waals surface area contributed by atoms with Crippen molar-refractivity contribution in [2.75, 3.05) is 19.6 Å². The molecule has 4 nitrogen and oxygen atoms in total. The van der Waals surface area contributed by atoms with Crippen molar-refractivity contribution in [2.24, 2.45) is 11.1 Å². The molecule has 0 bridgehead atoms. The maximum absolute atomic E-state index is 5.61. The van der Waals surface area contributed by atoms with E-state index in [1.165, 1.54) is 12.0 Å². The van der Waals surface area contributed by atoms with Crippen molar-refractivity contribution >= 4 is 11.1 Å². The molecule has 104 valence electrons. The predicted molar refractivity (Wildman–Crippen MR) is 78.0 cm³/mol. The van der Waals surface area contributed by atoms with Crippen molar-refractivity contribution in [2.45, 2.75) is 26.7 Å². The van der Waals surface area contributed by atoms with Gasteiger partial charge in [0.1, 0.15) is 5.52 Å². The lowest BCUT2D eigenvalue weighted by molar-refractivity contribution is 0.321. The van der Waals surface area contributed by atoms with Crippen LogP contribution < -0.4 is 11.1 Å². The molecule has 0 saturated heterocycles. The first-order valence-corrected chi connectivity index (χ1v) is 6.84. The average Bonchev–Trinajstić information content (AvgIpc) is 2.82. The molecular weight excluding hydrogens is 238 g/mol. The van der Waals surface area contributed by atoms with E-state index in [9.17, 15) is 0 Å². The molecule has 1 aromatic heterocycles.